The monoisotopic (exact) mass is 284 g/mol. The molecule has 0 amide bonds. The van der Waals surface area contributed by atoms with Crippen molar-refractivity contribution in [1.29, 1.82) is 0 Å². The fourth-order valence-corrected chi connectivity index (χ4v) is 2.50. The minimum atomic E-state index is 0.199. The van der Waals surface area contributed by atoms with E-state index in [1.54, 1.807) is 11.8 Å². The summed E-state index contributed by atoms with van der Waals surface area (Å²) in [7, 11) is 0. The summed E-state index contributed by atoms with van der Waals surface area (Å²) >= 11 is 3.21. The third-order valence-corrected chi connectivity index (χ3v) is 4.04. The van der Waals surface area contributed by atoms with E-state index in [2.05, 4.69) is 35.9 Å². The lowest BCUT2D eigenvalue weighted by atomic mass is 10.3. The minimum absolute atomic E-state index is 0.199. The molecule has 0 atom stereocenters. The number of hydrogen-bond acceptors (Lipinski definition) is 7. The first-order chi connectivity index (χ1) is 8.42. The molecule has 0 spiro atoms. The molecule has 0 aliphatic heterocycles. The van der Waals surface area contributed by atoms with E-state index in [0.717, 1.165) is 17.3 Å². The molecule has 0 fully saturated rings. The second-order valence-electron chi connectivity index (χ2n) is 4.86. The molecule has 0 unspecified atom stereocenters. The maximum absolute atomic E-state index is 5.57. The van der Waals surface area contributed by atoms with Crippen LogP contribution in [0.4, 0.5) is 5.13 Å². The summed E-state index contributed by atoms with van der Waals surface area (Å²) in [5, 5.41) is 6.43. The van der Waals surface area contributed by atoms with Crippen LogP contribution in [0.3, 0.4) is 0 Å². The van der Waals surface area contributed by atoms with Gasteiger partial charge in [0.15, 0.2) is 11.0 Å². The zero-order valence-electron chi connectivity index (χ0n) is 10.6. The van der Waals surface area contributed by atoms with Gasteiger partial charge in [-0.2, -0.15) is 4.98 Å². The third-order valence-electron chi connectivity index (χ3n) is 2.05. The van der Waals surface area contributed by atoms with E-state index in [1.165, 1.54) is 11.3 Å². The van der Waals surface area contributed by atoms with Crippen LogP contribution >= 0.6 is 23.1 Å². The highest BCUT2D eigenvalue weighted by molar-refractivity contribution is 7.99. The van der Waals surface area contributed by atoms with Gasteiger partial charge in [0.2, 0.25) is 5.89 Å². The van der Waals surface area contributed by atoms with Crippen LogP contribution in [-0.2, 0) is 12.2 Å². The summed E-state index contributed by atoms with van der Waals surface area (Å²) in [6.45, 7) is 6.49. The van der Waals surface area contributed by atoms with Crippen molar-refractivity contribution in [3.8, 4) is 0 Å². The van der Waals surface area contributed by atoms with Gasteiger partial charge in [-0.25, -0.2) is 4.98 Å². The summed E-state index contributed by atoms with van der Waals surface area (Å²) in [6.07, 6.45) is 0.543. The molecule has 0 radical (unpaired) electrons. The van der Waals surface area contributed by atoms with E-state index in [1.807, 2.05) is 5.38 Å². The fraction of sp³-hybridized carbons (Fsp3) is 0.545. The SMILES string of the molecule is CC(C)(C)SCc1noc(Cc2csc(N)n2)n1. The van der Waals surface area contributed by atoms with E-state index in [-0.39, 0.29) is 4.75 Å². The van der Waals surface area contributed by atoms with E-state index < -0.39 is 0 Å². The number of thiazole rings is 1. The van der Waals surface area contributed by atoms with Crippen molar-refractivity contribution in [3.05, 3.63) is 22.8 Å². The van der Waals surface area contributed by atoms with Gasteiger partial charge in [-0.05, 0) is 0 Å². The summed E-state index contributed by atoms with van der Waals surface area (Å²) in [4.78, 5) is 8.51. The molecular formula is C11H16N4OS2. The summed E-state index contributed by atoms with van der Waals surface area (Å²) < 4.78 is 5.39. The van der Waals surface area contributed by atoms with Crippen LogP contribution in [0.15, 0.2) is 9.90 Å². The van der Waals surface area contributed by atoms with Crippen molar-refractivity contribution in [3.63, 3.8) is 0 Å². The van der Waals surface area contributed by atoms with E-state index >= 15 is 0 Å². The first kappa shape index (κ1) is 13.4. The lowest BCUT2D eigenvalue weighted by Crippen LogP contribution is -2.07. The Labute approximate surface area is 114 Å². The zero-order chi connectivity index (χ0) is 13.2. The van der Waals surface area contributed by atoms with Crippen LogP contribution in [0.5, 0.6) is 0 Å². The summed E-state index contributed by atoms with van der Waals surface area (Å²) in [5.41, 5.74) is 6.44. The highest BCUT2D eigenvalue weighted by Crippen LogP contribution is 2.26. The van der Waals surface area contributed by atoms with Gasteiger partial charge in [0, 0.05) is 10.1 Å². The lowest BCUT2D eigenvalue weighted by molar-refractivity contribution is 0.380. The van der Waals surface area contributed by atoms with Crippen molar-refractivity contribution >= 4 is 28.2 Å². The Morgan fingerprint density at radius 2 is 2.17 bits per heavy atom. The Hall–Kier alpha value is -1.08. The van der Waals surface area contributed by atoms with Gasteiger partial charge >= 0.3 is 0 Å². The van der Waals surface area contributed by atoms with Gasteiger partial charge < -0.3 is 10.3 Å². The second-order valence-corrected chi connectivity index (χ2v) is 7.55. The molecule has 2 aromatic rings. The van der Waals surface area contributed by atoms with Crippen LogP contribution in [0.1, 0.15) is 38.2 Å². The van der Waals surface area contributed by atoms with Crippen molar-refractivity contribution < 1.29 is 4.52 Å². The smallest absolute Gasteiger partial charge is 0.232 e. The number of nitrogens with zero attached hydrogens (tertiary/aromatic N) is 3. The zero-order valence-corrected chi connectivity index (χ0v) is 12.3. The molecule has 0 aromatic carbocycles. The fourth-order valence-electron chi connectivity index (χ4n) is 1.26. The molecule has 18 heavy (non-hydrogen) atoms. The van der Waals surface area contributed by atoms with Crippen molar-refractivity contribution in [1.82, 2.24) is 15.1 Å². The Kier molecular flexibility index (Phi) is 3.91. The molecular weight excluding hydrogens is 268 g/mol. The maximum Gasteiger partial charge on any atom is 0.232 e. The van der Waals surface area contributed by atoms with Crippen LogP contribution < -0.4 is 5.73 Å². The van der Waals surface area contributed by atoms with Gasteiger partial charge in [-0.15, -0.1) is 23.1 Å². The highest BCUT2D eigenvalue weighted by Gasteiger charge is 2.14. The first-order valence-corrected chi connectivity index (χ1v) is 7.44. The normalized spacial score (nSPS) is 11.9. The second kappa shape index (κ2) is 5.27. The molecule has 0 aliphatic rings. The predicted molar refractivity (Wildman–Crippen MR) is 74.7 cm³/mol. The largest absolute Gasteiger partial charge is 0.375 e. The van der Waals surface area contributed by atoms with Gasteiger partial charge in [0.25, 0.3) is 0 Å². The molecule has 0 saturated heterocycles. The molecule has 0 aliphatic carbocycles. The number of nitrogen functional groups attached to an aromatic ring is 1. The third kappa shape index (κ3) is 3.99. The standard InChI is InChI=1S/C11H16N4OS2/c1-11(2,3)18-6-8-14-9(16-15-8)4-7-5-17-10(12)13-7/h5H,4,6H2,1-3H3,(H2,12,13). The quantitative estimate of drug-likeness (QED) is 0.930. The number of rotatable bonds is 4. The molecule has 98 valence electrons. The Morgan fingerprint density at radius 1 is 1.39 bits per heavy atom. The predicted octanol–water partition coefficient (Wildman–Crippen LogP) is 2.73. The molecule has 0 bridgehead atoms. The molecule has 2 N–H and O–H groups in total. The number of thioether (sulfide) groups is 1. The average Bonchev–Trinajstić information content (AvgIpc) is 2.85. The van der Waals surface area contributed by atoms with Crippen molar-refractivity contribution in [2.75, 3.05) is 5.73 Å². The molecule has 7 heteroatoms. The topological polar surface area (TPSA) is 77.8 Å². The Balaban J connectivity index is 1.94. The number of aromatic nitrogens is 3. The first-order valence-electron chi connectivity index (χ1n) is 5.58. The lowest BCUT2D eigenvalue weighted by Gasteiger charge is -2.15. The van der Waals surface area contributed by atoms with E-state index in [4.69, 9.17) is 10.3 Å². The minimum Gasteiger partial charge on any atom is -0.375 e. The van der Waals surface area contributed by atoms with Crippen LogP contribution in [0.2, 0.25) is 0 Å². The average molecular weight is 284 g/mol. The Morgan fingerprint density at radius 3 is 2.78 bits per heavy atom. The molecule has 0 saturated carbocycles. The summed E-state index contributed by atoms with van der Waals surface area (Å²) in [5.74, 6) is 2.07. The van der Waals surface area contributed by atoms with Crippen molar-refractivity contribution in [2.45, 2.75) is 37.7 Å². The molecule has 2 heterocycles. The maximum atomic E-state index is 5.57. The van der Waals surface area contributed by atoms with Crippen LogP contribution in [0, 0.1) is 0 Å². The van der Waals surface area contributed by atoms with Crippen LogP contribution in [0.25, 0.3) is 0 Å². The van der Waals surface area contributed by atoms with Crippen LogP contribution in [-0.4, -0.2) is 19.9 Å². The van der Waals surface area contributed by atoms with Gasteiger partial charge in [0.1, 0.15) is 0 Å². The van der Waals surface area contributed by atoms with Gasteiger partial charge in [-0.1, -0.05) is 25.9 Å². The number of nitrogens with two attached hydrogens (primary N) is 1. The molecule has 2 rings (SSSR count). The number of hydrogen-bond donors (Lipinski definition) is 1. The van der Waals surface area contributed by atoms with Gasteiger partial charge in [-0.3, -0.25) is 0 Å². The highest BCUT2D eigenvalue weighted by atomic mass is 32.2. The van der Waals surface area contributed by atoms with Crippen molar-refractivity contribution in [2.24, 2.45) is 0 Å². The summed E-state index contributed by atoms with van der Waals surface area (Å²) in [6, 6.07) is 0. The van der Waals surface area contributed by atoms with E-state index in [0.29, 0.717) is 17.4 Å². The van der Waals surface area contributed by atoms with E-state index in [9.17, 15) is 0 Å². The van der Waals surface area contributed by atoms with Gasteiger partial charge in [0.05, 0.1) is 17.9 Å². The molecule has 2 aromatic heterocycles. The number of anilines is 1. The molecule has 5 nitrogen and oxygen atoms in total. The Bertz CT molecular complexity index is 515.